The first-order valence-electron chi connectivity index (χ1n) is 6.45. The molecular formula is C14H18FNO3. The molecule has 1 unspecified atom stereocenters. The second-order valence-corrected chi connectivity index (χ2v) is 4.73. The van der Waals surface area contributed by atoms with E-state index in [1.165, 1.54) is 18.2 Å². The van der Waals surface area contributed by atoms with Gasteiger partial charge in [0.25, 0.3) is 5.91 Å². The highest BCUT2D eigenvalue weighted by Gasteiger charge is 2.31. The summed E-state index contributed by atoms with van der Waals surface area (Å²) >= 11 is 0. The minimum atomic E-state index is -0.686. The highest BCUT2D eigenvalue weighted by molar-refractivity contribution is 5.81. The molecule has 1 aromatic rings. The second-order valence-electron chi connectivity index (χ2n) is 4.73. The molecule has 19 heavy (non-hydrogen) atoms. The van der Waals surface area contributed by atoms with E-state index in [-0.39, 0.29) is 18.6 Å². The molecule has 5 heteroatoms. The van der Waals surface area contributed by atoms with E-state index in [0.29, 0.717) is 12.3 Å². The van der Waals surface area contributed by atoms with Gasteiger partial charge in [-0.2, -0.15) is 0 Å². The number of hydrogen-bond acceptors (Lipinski definition) is 3. The first-order valence-corrected chi connectivity index (χ1v) is 6.45. The lowest BCUT2D eigenvalue weighted by atomic mass is 10.2. The third-order valence-electron chi connectivity index (χ3n) is 3.33. The van der Waals surface area contributed by atoms with Crippen molar-refractivity contribution < 1.29 is 19.0 Å². The minimum Gasteiger partial charge on any atom is -0.481 e. The van der Waals surface area contributed by atoms with E-state index >= 15 is 0 Å². The molecule has 1 aliphatic rings. The molecule has 104 valence electrons. The Morgan fingerprint density at radius 3 is 3.11 bits per heavy atom. The average Bonchev–Trinajstić information content (AvgIpc) is 2.86. The lowest BCUT2D eigenvalue weighted by Crippen LogP contribution is -2.44. The van der Waals surface area contributed by atoms with Crippen molar-refractivity contribution in [3.63, 3.8) is 0 Å². The number of amides is 1. The van der Waals surface area contributed by atoms with Crippen LogP contribution in [0.15, 0.2) is 24.3 Å². The van der Waals surface area contributed by atoms with Crippen molar-refractivity contribution in [1.29, 1.82) is 0 Å². The molecule has 0 aliphatic carbocycles. The van der Waals surface area contributed by atoms with Crippen LogP contribution in [0, 0.1) is 5.82 Å². The summed E-state index contributed by atoms with van der Waals surface area (Å²) in [5.74, 6) is -0.229. The third-order valence-corrected chi connectivity index (χ3v) is 3.33. The number of halogens is 1. The van der Waals surface area contributed by atoms with Crippen LogP contribution in [-0.4, -0.2) is 41.2 Å². The van der Waals surface area contributed by atoms with E-state index in [4.69, 9.17) is 4.74 Å². The van der Waals surface area contributed by atoms with Gasteiger partial charge in [0, 0.05) is 12.6 Å². The van der Waals surface area contributed by atoms with Crippen molar-refractivity contribution in [2.75, 3.05) is 13.2 Å². The maximum atomic E-state index is 13.0. The number of aliphatic hydroxyl groups excluding tert-OH is 1. The molecule has 1 N–H and O–H groups in total. The Labute approximate surface area is 111 Å². The Kier molecular flexibility index (Phi) is 4.37. The highest BCUT2D eigenvalue weighted by atomic mass is 19.1. The van der Waals surface area contributed by atoms with Crippen LogP contribution in [0.4, 0.5) is 4.39 Å². The fourth-order valence-corrected chi connectivity index (χ4v) is 2.34. The molecule has 0 saturated carbocycles. The maximum Gasteiger partial charge on any atom is 0.263 e. The zero-order chi connectivity index (χ0) is 13.8. The second kappa shape index (κ2) is 6.02. The Morgan fingerprint density at radius 1 is 1.63 bits per heavy atom. The zero-order valence-corrected chi connectivity index (χ0v) is 10.9. The predicted molar refractivity (Wildman–Crippen MR) is 68.3 cm³/mol. The van der Waals surface area contributed by atoms with Gasteiger partial charge in [0.2, 0.25) is 0 Å². The van der Waals surface area contributed by atoms with Crippen molar-refractivity contribution in [2.45, 2.75) is 31.9 Å². The van der Waals surface area contributed by atoms with Crippen LogP contribution in [0.25, 0.3) is 0 Å². The van der Waals surface area contributed by atoms with Crippen LogP contribution in [0.5, 0.6) is 5.75 Å². The molecule has 1 aliphatic heterocycles. The summed E-state index contributed by atoms with van der Waals surface area (Å²) < 4.78 is 18.5. The van der Waals surface area contributed by atoms with Crippen LogP contribution >= 0.6 is 0 Å². The monoisotopic (exact) mass is 267 g/mol. The first-order chi connectivity index (χ1) is 9.11. The van der Waals surface area contributed by atoms with Crippen molar-refractivity contribution in [1.82, 2.24) is 4.90 Å². The van der Waals surface area contributed by atoms with E-state index in [2.05, 4.69) is 0 Å². The van der Waals surface area contributed by atoms with Gasteiger partial charge in [0.1, 0.15) is 11.6 Å². The molecule has 0 aromatic heterocycles. The third kappa shape index (κ3) is 3.23. The summed E-state index contributed by atoms with van der Waals surface area (Å²) in [7, 11) is 0. The molecular weight excluding hydrogens is 249 g/mol. The van der Waals surface area contributed by atoms with E-state index in [1.807, 2.05) is 0 Å². The summed E-state index contributed by atoms with van der Waals surface area (Å²) in [6.07, 6.45) is 1.02. The van der Waals surface area contributed by atoms with Crippen LogP contribution in [0.3, 0.4) is 0 Å². The molecule has 1 fully saturated rings. The standard InChI is InChI=1S/C14H18FNO3/c1-10(19-13-6-2-4-11(15)8-13)14(18)16-7-3-5-12(16)9-17/h2,4,6,8,10,12,17H,3,5,7,9H2,1H3/t10?,12-/m0/s1. The largest absolute Gasteiger partial charge is 0.481 e. The Balaban J connectivity index is 1.99. The summed E-state index contributed by atoms with van der Waals surface area (Å²) in [6, 6.07) is 5.60. The number of hydrogen-bond donors (Lipinski definition) is 1. The van der Waals surface area contributed by atoms with Gasteiger partial charge in [-0.1, -0.05) is 6.07 Å². The highest BCUT2D eigenvalue weighted by Crippen LogP contribution is 2.20. The molecule has 0 spiro atoms. The fourth-order valence-electron chi connectivity index (χ4n) is 2.34. The van der Waals surface area contributed by atoms with Crippen molar-refractivity contribution in [3.8, 4) is 5.75 Å². The Morgan fingerprint density at radius 2 is 2.42 bits per heavy atom. The maximum absolute atomic E-state index is 13.0. The number of carbonyl (C=O) groups excluding carboxylic acids is 1. The number of aliphatic hydroxyl groups is 1. The fraction of sp³-hybridized carbons (Fsp3) is 0.500. The SMILES string of the molecule is CC(Oc1cccc(F)c1)C(=O)N1CCC[C@H]1CO. The number of nitrogens with zero attached hydrogens (tertiary/aromatic N) is 1. The zero-order valence-electron chi connectivity index (χ0n) is 10.9. The molecule has 2 rings (SSSR count). The molecule has 1 aromatic carbocycles. The van der Waals surface area contributed by atoms with Crippen molar-refractivity contribution >= 4 is 5.91 Å². The molecule has 4 nitrogen and oxygen atoms in total. The molecule has 0 radical (unpaired) electrons. The summed E-state index contributed by atoms with van der Waals surface area (Å²) in [5.41, 5.74) is 0. The smallest absolute Gasteiger partial charge is 0.263 e. The van der Waals surface area contributed by atoms with Gasteiger partial charge < -0.3 is 14.7 Å². The normalized spacial score (nSPS) is 20.4. The lowest BCUT2D eigenvalue weighted by molar-refractivity contribution is -0.139. The van der Waals surface area contributed by atoms with Gasteiger partial charge in [-0.25, -0.2) is 4.39 Å². The van der Waals surface area contributed by atoms with Gasteiger partial charge in [-0.3, -0.25) is 4.79 Å². The quantitative estimate of drug-likeness (QED) is 0.901. The summed E-state index contributed by atoms with van der Waals surface area (Å²) in [5, 5.41) is 9.21. The number of benzene rings is 1. The molecule has 1 saturated heterocycles. The summed E-state index contributed by atoms with van der Waals surface area (Å²) in [4.78, 5) is 13.8. The van der Waals surface area contributed by atoms with E-state index in [1.54, 1.807) is 17.9 Å². The predicted octanol–water partition coefficient (Wildman–Crippen LogP) is 1.58. The van der Waals surface area contributed by atoms with Crippen LogP contribution in [-0.2, 0) is 4.79 Å². The molecule has 1 amide bonds. The molecule has 2 atom stereocenters. The van der Waals surface area contributed by atoms with Crippen LogP contribution in [0.2, 0.25) is 0 Å². The number of rotatable bonds is 4. The number of ether oxygens (including phenoxy) is 1. The van der Waals surface area contributed by atoms with Crippen LogP contribution in [0.1, 0.15) is 19.8 Å². The molecule has 1 heterocycles. The van der Waals surface area contributed by atoms with Gasteiger partial charge in [-0.15, -0.1) is 0 Å². The van der Waals surface area contributed by atoms with Gasteiger partial charge >= 0.3 is 0 Å². The molecule has 0 bridgehead atoms. The lowest BCUT2D eigenvalue weighted by Gasteiger charge is -2.26. The van der Waals surface area contributed by atoms with Gasteiger partial charge in [0.05, 0.1) is 12.6 Å². The van der Waals surface area contributed by atoms with Gasteiger partial charge in [0.15, 0.2) is 6.10 Å². The van der Waals surface area contributed by atoms with E-state index < -0.39 is 11.9 Å². The summed E-state index contributed by atoms with van der Waals surface area (Å²) in [6.45, 7) is 2.25. The number of likely N-dealkylation sites (tertiary alicyclic amines) is 1. The van der Waals surface area contributed by atoms with E-state index in [9.17, 15) is 14.3 Å². The Hall–Kier alpha value is -1.62. The van der Waals surface area contributed by atoms with E-state index in [0.717, 1.165) is 12.8 Å². The van der Waals surface area contributed by atoms with Crippen molar-refractivity contribution in [2.24, 2.45) is 0 Å². The minimum absolute atomic E-state index is 0.0293. The van der Waals surface area contributed by atoms with Crippen molar-refractivity contribution in [3.05, 3.63) is 30.1 Å². The Bertz CT molecular complexity index is 452. The van der Waals surface area contributed by atoms with Gasteiger partial charge in [-0.05, 0) is 31.9 Å². The average molecular weight is 267 g/mol. The first kappa shape index (κ1) is 13.8. The number of carbonyl (C=O) groups is 1. The van der Waals surface area contributed by atoms with Crippen LogP contribution < -0.4 is 4.74 Å². The topological polar surface area (TPSA) is 49.8 Å².